The van der Waals surface area contributed by atoms with Gasteiger partial charge in [0.1, 0.15) is 0 Å². The van der Waals surface area contributed by atoms with E-state index in [0.29, 0.717) is 5.91 Å². The molecule has 0 bridgehead atoms. The van der Waals surface area contributed by atoms with Crippen molar-refractivity contribution >= 4 is 5.91 Å². The van der Waals surface area contributed by atoms with Crippen LogP contribution in [0.15, 0.2) is 0 Å². The highest BCUT2D eigenvalue weighted by Crippen LogP contribution is 2.31. The maximum absolute atomic E-state index is 12.4. The van der Waals surface area contributed by atoms with E-state index in [1.54, 1.807) is 0 Å². The molecule has 0 radical (unpaired) electrons. The van der Waals surface area contributed by atoms with Crippen molar-refractivity contribution in [3.63, 3.8) is 0 Å². The predicted molar refractivity (Wildman–Crippen MR) is 72.0 cm³/mol. The molecule has 1 N–H and O–H groups in total. The average molecular weight is 240 g/mol. The molecule has 3 heteroatoms. The molecule has 3 nitrogen and oxygen atoms in total. The zero-order valence-corrected chi connectivity index (χ0v) is 11.9. The molecule has 1 heterocycles. The summed E-state index contributed by atoms with van der Waals surface area (Å²) in [6.07, 6.45) is 5.25. The van der Waals surface area contributed by atoms with Crippen molar-refractivity contribution in [3.8, 4) is 0 Å². The predicted octanol–water partition coefficient (Wildman–Crippen LogP) is 2.56. The van der Waals surface area contributed by atoms with Crippen molar-refractivity contribution in [2.24, 2.45) is 0 Å². The molecule has 17 heavy (non-hydrogen) atoms. The van der Waals surface area contributed by atoms with Gasteiger partial charge >= 0.3 is 0 Å². The Hall–Kier alpha value is -0.570. The second kappa shape index (κ2) is 6.39. The Morgan fingerprint density at radius 2 is 1.82 bits per heavy atom. The quantitative estimate of drug-likeness (QED) is 0.742. The summed E-state index contributed by atoms with van der Waals surface area (Å²) in [6.45, 7) is 10.6. The van der Waals surface area contributed by atoms with E-state index in [2.05, 4.69) is 37.9 Å². The van der Waals surface area contributed by atoms with Crippen LogP contribution in [-0.4, -0.2) is 35.5 Å². The fourth-order valence-electron chi connectivity index (χ4n) is 2.98. The van der Waals surface area contributed by atoms with Crippen molar-refractivity contribution in [2.45, 2.75) is 71.4 Å². The molecule has 1 amide bonds. The van der Waals surface area contributed by atoms with E-state index in [9.17, 15) is 4.79 Å². The van der Waals surface area contributed by atoms with Crippen LogP contribution in [0, 0.1) is 0 Å². The van der Waals surface area contributed by atoms with Crippen LogP contribution in [0.2, 0.25) is 0 Å². The molecule has 1 aliphatic heterocycles. The van der Waals surface area contributed by atoms with Gasteiger partial charge < -0.3 is 10.2 Å². The largest absolute Gasteiger partial charge is 0.336 e. The van der Waals surface area contributed by atoms with E-state index in [1.165, 1.54) is 0 Å². The van der Waals surface area contributed by atoms with E-state index in [4.69, 9.17) is 0 Å². The van der Waals surface area contributed by atoms with Gasteiger partial charge in [0.15, 0.2) is 0 Å². The Balaban J connectivity index is 2.70. The Labute approximate surface area is 106 Å². The summed E-state index contributed by atoms with van der Waals surface area (Å²) in [7, 11) is 0. The molecule has 1 rings (SSSR count). The first kappa shape index (κ1) is 14.5. The van der Waals surface area contributed by atoms with Gasteiger partial charge in [0.25, 0.3) is 0 Å². The van der Waals surface area contributed by atoms with E-state index in [0.717, 1.165) is 45.2 Å². The van der Waals surface area contributed by atoms with Gasteiger partial charge in [-0.2, -0.15) is 0 Å². The van der Waals surface area contributed by atoms with Crippen LogP contribution >= 0.6 is 0 Å². The molecule has 1 unspecified atom stereocenters. The minimum atomic E-state index is 0.0685. The number of likely N-dealkylation sites (tertiary alicyclic amines) is 1. The minimum absolute atomic E-state index is 0.0685. The number of amides is 1. The highest BCUT2D eigenvalue weighted by Gasteiger charge is 2.41. The van der Waals surface area contributed by atoms with Gasteiger partial charge in [0, 0.05) is 12.1 Å². The standard InChI is InChI=1S/C14H28N2O/c1-5-10-15-12-9-11-16(13(12)17)14(6-2,7-3)8-4/h12,15H,5-11H2,1-4H3. The zero-order valence-electron chi connectivity index (χ0n) is 11.9. The van der Waals surface area contributed by atoms with Gasteiger partial charge in [-0.3, -0.25) is 4.79 Å². The first-order valence-electron chi connectivity index (χ1n) is 7.20. The van der Waals surface area contributed by atoms with Crippen molar-refractivity contribution in [1.82, 2.24) is 10.2 Å². The Bertz CT molecular complexity index is 240. The van der Waals surface area contributed by atoms with Gasteiger partial charge in [-0.1, -0.05) is 27.7 Å². The molecule has 0 aromatic carbocycles. The van der Waals surface area contributed by atoms with Crippen molar-refractivity contribution in [1.29, 1.82) is 0 Å². The lowest BCUT2D eigenvalue weighted by Gasteiger charge is -2.40. The molecule has 0 saturated carbocycles. The van der Waals surface area contributed by atoms with Gasteiger partial charge in [-0.05, 0) is 38.6 Å². The lowest BCUT2D eigenvalue weighted by molar-refractivity contribution is -0.135. The summed E-state index contributed by atoms with van der Waals surface area (Å²) in [5.74, 6) is 0.323. The first-order valence-corrected chi connectivity index (χ1v) is 7.20. The Morgan fingerprint density at radius 1 is 1.24 bits per heavy atom. The molecule has 1 atom stereocenters. The van der Waals surface area contributed by atoms with Crippen molar-refractivity contribution < 1.29 is 4.79 Å². The van der Waals surface area contributed by atoms with E-state index in [1.807, 2.05) is 0 Å². The molecule has 0 spiro atoms. The third-order valence-electron chi connectivity index (χ3n) is 4.39. The molecule has 1 aliphatic rings. The van der Waals surface area contributed by atoms with Gasteiger partial charge in [-0.25, -0.2) is 0 Å². The monoisotopic (exact) mass is 240 g/mol. The summed E-state index contributed by atoms with van der Waals surface area (Å²) in [5, 5.41) is 3.36. The van der Waals surface area contributed by atoms with Crippen LogP contribution in [0.5, 0.6) is 0 Å². The van der Waals surface area contributed by atoms with Crippen LogP contribution in [0.3, 0.4) is 0 Å². The molecular formula is C14H28N2O. The SMILES string of the molecule is CCCNC1CCN(C(CC)(CC)CC)C1=O. The number of carbonyl (C=O) groups excluding carboxylic acids is 1. The maximum atomic E-state index is 12.4. The summed E-state index contributed by atoms with van der Waals surface area (Å²) >= 11 is 0. The summed E-state index contributed by atoms with van der Waals surface area (Å²) in [6, 6.07) is 0.0685. The van der Waals surface area contributed by atoms with E-state index >= 15 is 0 Å². The zero-order chi connectivity index (χ0) is 12.9. The summed E-state index contributed by atoms with van der Waals surface area (Å²) in [4.78, 5) is 14.5. The molecule has 0 aromatic rings. The van der Waals surface area contributed by atoms with Gasteiger partial charge in [-0.15, -0.1) is 0 Å². The van der Waals surface area contributed by atoms with Crippen LogP contribution < -0.4 is 5.32 Å². The fourth-order valence-corrected chi connectivity index (χ4v) is 2.98. The van der Waals surface area contributed by atoms with E-state index in [-0.39, 0.29) is 11.6 Å². The van der Waals surface area contributed by atoms with Crippen molar-refractivity contribution in [3.05, 3.63) is 0 Å². The minimum Gasteiger partial charge on any atom is -0.336 e. The molecule has 100 valence electrons. The average Bonchev–Trinajstić information content (AvgIpc) is 2.72. The van der Waals surface area contributed by atoms with Crippen LogP contribution in [-0.2, 0) is 4.79 Å². The third-order valence-corrected chi connectivity index (χ3v) is 4.39. The molecular weight excluding hydrogens is 212 g/mol. The van der Waals surface area contributed by atoms with Gasteiger partial charge in [0.05, 0.1) is 6.04 Å². The number of nitrogens with one attached hydrogen (secondary N) is 1. The first-order chi connectivity index (χ1) is 8.15. The Kier molecular flexibility index (Phi) is 5.44. The second-order valence-electron chi connectivity index (χ2n) is 5.07. The highest BCUT2D eigenvalue weighted by atomic mass is 16.2. The third kappa shape index (κ3) is 2.82. The number of rotatable bonds is 7. The molecule has 1 saturated heterocycles. The Morgan fingerprint density at radius 3 is 2.29 bits per heavy atom. The smallest absolute Gasteiger partial charge is 0.240 e. The van der Waals surface area contributed by atoms with Gasteiger partial charge in [0.2, 0.25) is 5.91 Å². The van der Waals surface area contributed by atoms with Crippen LogP contribution in [0.1, 0.15) is 59.8 Å². The van der Waals surface area contributed by atoms with Crippen LogP contribution in [0.4, 0.5) is 0 Å². The molecule has 0 aliphatic carbocycles. The number of nitrogens with zero attached hydrogens (tertiary/aromatic N) is 1. The topological polar surface area (TPSA) is 32.3 Å². The van der Waals surface area contributed by atoms with Crippen molar-refractivity contribution in [2.75, 3.05) is 13.1 Å². The lowest BCUT2D eigenvalue weighted by Crippen LogP contribution is -2.51. The molecule has 0 aromatic heterocycles. The normalized spacial score (nSPS) is 21.3. The summed E-state index contributed by atoms with van der Waals surface area (Å²) in [5.41, 5.74) is 0.0970. The molecule has 1 fully saturated rings. The second-order valence-corrected chi connectivity index (χ2v) is 5.07. The number of hydrogen-bond acceptors (Lipinski definition) is 2. The number of hydrogen-bond donors (Lipinski definition) is 1. The highest BCUT2D eigenvalue weighted by molar-refractivity contribution is 5.84. The van der Waals surface area contributed by atoms with Crippen LogP contribution in [0.25, 0.3) is 0 Å². The van der Waals surface area contributed by atoms with E-state index < -0.39 is 0 Å². The fraction of sp³-hybridized carbons (Fsp3) is 0.929. The number of carbonyl (C=O) groups is 1. The summed E-state index contributed by atoms with van der Waals surface area (Å²) < 4.78 is 0. The maximum Gasteiger partial charge on any atom is 0.240 e. The lowest BCUT2D eigenvalue weighted by atomic mass is 9.88.